The van der Waals surface area contributed by atoms with E-state index in [1.165, 1.54) is 49.9 Å². The lowest BCUT2D eigenvalue weighted by Crippen LogP contribution is -2.29. The van der Waals surface area contributed by atoms with Crippen LogP contribution in [0, 0.1) is 6.92 Å². The molecule has 0 saturated heterocycles. The average molecular weight is 513 g/mol. The van der Waals surface area contributed by atoms with Gasteiger partial charge in [-0.3, -0.25) is 9.10 Å². The fourth-order valence-corrected chi connectivity index (χ4v) is 4.46. The fraction of sp³-hybridized carbons (Fsp3) is 0.231. The first kappa shape index (κ1) is 26.6. The van der Waals surface area contributed by atoms with Crippen LogP contribution in [0.2, 0.25) is 0 Å². The quantitative estimate of drug-likeness (QED) is 0.431. The summed E-state index contributed by atoms with van der Waals surface area (Å²) in [5.41, 5.74) is 2.77. The van der Waals surface area contributed by atoms with Crippen LogP contribution in [-0.2, 0) is 21.3 Å². The van der Waals surface area contributed by atoms with Crippen LogP contribution in [0.4, 0.5) is 11.4 Å². The van der Waals surface area contributed by atoms with Crippen molar-refractivity contribution in [3.63, 3.8) is 0 Å². The number of rotatable bonds is 9. The Balaban J connectivity index is 1.90. The number of esters is 1. The first-order chi connectivity index (χ1) is 17.1. The molecule has 190 valence electrons. The van der Waals surface area contributed by atoms with Gasteiger partial charge in [-0.2, -0.15) is 0 Å². The Morgan fingerprint density at radius 3 is 2.08 bits per heavy atom. The second-order valence-corrected chi connectivity index (χ2v) is 9.85. The number of benzene rings is 3. The maximum Gasteiger partial charge on any atom is 0.340 e. The molecule has 3 aromatic rings. The zero-order valence-electron chi connectivity index (χ0n) is 20.7. The van der Waals surface area contributed by atoms with Crippen LogP contribution in [0.15, 0.2) is 60.7 Å². The highest BCUT2D eigenvalue weighted by atomic mass is 32.2. The molecule has 0 saturated carbocycles. The molecular weight excluding hydrogens is 484 g/mol. The summed E-state index contributed by atoms with van der Waals surface area (Å²) >= 11 is 0. The number of sulfonamides is 1. The summed E-state index contributed by atoms with van der Waals surface area (Å²) < 4.78 is 41.7. The largest absolute Gasteiger partial charge is 0.493 e. The Morgan fingerprint density at radius 2 is 1.53 bits per heavy atom. The molecule has 0 radical (unpaired) electrons. The van der Waals surface area contributed by atoms with E-state index in [1.807, 2.05) is 31.2 Å². The summed E-state index contributed by atoms with van der Waals surface area (Å²) in [4.78, 5) is 25.3. The molecule has 0 heterocycles. The Labute approximate surface area is 210 Å². The molecular formula is C26H28N2O7S. The topological polar surface area (TPSA) is 111 Å². The van der Waals surface area contributed by atoms with Gasteiger partial charge in [0.2, 0.25) is 10.0 Å². The molecule has 0 atom stereocenters. The van der Waals surface area contributed by atoms with Gasteiger partial charge < -0.3 is 19.5 Å². The number of nitrogens with one attached hydrogen (secondary N) is 1. The van der Waals surface area contributed by atoms with E-state index in [1.54, 1.807) is 12.1 Å². The molecule has 3 rings (SSSR count). The number of methoxy groups -OCH3 is 3. The Morgan fingerprint density at radius 1 is 0.917 bits per heavy atom. The second kappa shape index (κ2) is 11.1. The van der Waals surface area contributed by atoms with Crippen molar-refractivity contribution in [1.82, 2.24) is 0 Å². The second-order valence-electron chi connectivity index (χ2n) is 7.94. The van der Waals surface area contributed by atoms with Crippen molar-refractivity contribution in [1.29, 1.82) is 0 Å². The van der Waals surface area contributed by atoms with Crippen LogP contribution in [0.1, 0.15) is 31.8 Å². The van der Waals surface area contributed by atoms with Gasteiger partial charge in [0.25, 0.3) is 5.91 Å². The minimum Gasteiger partial charge on any atom is -0.493 e. The molecule has 0 aromatic heterocycles. The Kier molecular flexibility index (Phi) is 8.21. The van der Waals surface area contributed by atoms with Crippen molar-refractivity contribution >= 4 is 33.3 Å². The third-order valence-corrected chi connectivity index (χ3v) is 6.71. The van der Waals surface area contributed by atoms with E-state index in [-0.39, 0.29) is 23.4 Å². The van der Waals surface area contributed by atoms with Gasteiger partial charge in [0, 0.05) is 17.7 Å². The highest BCUT2D eigenvalue weighted by Crippen LogP contribution is 2.34. The van der Waals surface area contributed by atoms with Gasteiger partial charge in [0.15, 0.2) is 11.5 Å². The van der Waals surface area contributed by atoms with Crippen LogP contribution >= 0.6 is 0 Å². The smallest absolute Gasteiger partial charge is 0.340 e. The van der Waals surface area contributed by atoms with Crippen LogP contribution in [0.5, 0.6) is 11.5 Å². The molecule has 10 heteroatoms. The lowest BCUT2D eigenvalue weighted by Gasteiger charge is -2.23. The van der Waals surface area contributed by atoms with Gasteiger partial charge in [-0.25, -0.2) is 13.2 Å². The molecule has 9 nitrogen and oxygen atoms in total. The van der Waals surface area contributed by atoms with E-state index in [0.29, 0.717) is 17.2 Å². The highest BCUT2D eigenvalue weighted by molar-refractivity contribution is 7.92. The highest BCUT2D eigenvalue weighted by Gasteiger charge is 2.21. The van der Waals surface area contributed by atoms with Crippen LogP contribution in [0.25, 0.3) is 0 Å². The molecule has 0 aliphatic carbocycles. The fourth-order valence-electron chi connectivity index (χ4n) is 3.58. The number of carbonyl (C=O) groups is 2. The normalized spacial score (nSPS) is 10.9. The van der Waals surface area contributed by atoms with Crippen molar-refractivity contribution in [2.45, 2.75) is 13.5 Å². The van der Waals surface area contributed by atoms with E-state index < -0.39 is 21.9 Å². The summed E-state index contributed by atoms with van der Waals surface area (Å²) in [7, 11) is 0.502. The third kappa shape index (κ3) is 5.95. The van der Waals surface area contributed by atoms with Crippen molar-refractivity contribution in [3.8, 4) is 11.5 Å². The van der Waals surface area contributed by atoms with Crippen LogP contribution < -0.4 is 19.1 Å². The number of ether oxygens (including phenoxy) is 3. The van der Waals surface area contributed by atoms with Crippen molar-refractivity contribution in [2.24, 2.45) is 0 Å². The lowest BCUT2D eigenvalue weighted by atomic mass is 10.1. The molecule has 1 amide bonds. The van der Waals surface area contributed by atoms with Gasteiger partial charge in [-0.15, -0.1) is 0 Å². The zero-order valence-corrected chi connectivity index (χ0v) is 21.5. The van der Waals surface area contributed by atoms with E-state index >= 15 is 0 Å². The molecule has 0 spiro atoms. The maximum absolute atomic E-state index is 13.0. The monoisotopic (exact) mass is 512 g/mol. The van der Waals surface area contributed by atoms with E-state index in [4.69, 9.17) is 14.2 Å². The standard InChI is InChI=1S/C26H28N2O7S/c1-17-8-6-7-9-19(17)16-28(36(5,31)32)20-12-10-18(11-13-20)25(29)27-22-15-24(34-3)23(33-2)14-21(22)26(30)35-4/h6-15H,16H2,1-5H3,(H,27,29). The Bertz CT molecular complexity index is 1370. The summed E-state index contributed by atoms with van der Waals surface area (Å²) in [5, 5.41) is 2.69. The minimum atomic E-state index is -3.59. The van der Waals surface area contributed by atoms with E-state index in [0.717, 1.165) is 17.4 Å². The molecule has 0 fully saturated rings. The zero-order chi connectivity index (χ0) is 26.5. The number of anilines is 2. The molecule has 36 heavy (non-hydrogen) atoms. The molecule has 3 aromatic carbocycles. The number of carbonyl (C=O) groups excluding carboxylic acids is 2. The number of amides is 1. The van der Waals surface area contributed by atoms with E-state index in [9.17, 15) is 18.0 Å². The van der Waals surface area contributed by atoms with Crippen molar-refractivity contribution in [2.75, 3.05) is 37.2 Å². The first-order valence-corrected chi connectivity index (χ1v) is 12.7. The van der Waals surface area contributed by atoms with Crippen LogP contribution in [-0.4, -0.2) is 47.9 Å². The van der Waals surface area contributed by atoms with Crippen LogP contribution in [0.3, 0.4) is 0 Å². The molecule has 0 aliphatic rings. The number of hydrogen-bond donors (Lipinski definition) is 1. The summed E-state index contributed by atoms with van der Waals surface area (Å²) in [6.45, 7) is 2.07. The number of nitrogens with zero attached hydrogens (tertiary/aromatic N) is 1. The van der Waals surface area contributed by atoms with Gasteiger partial charge in [-0.1, -0.05) is 24.3 Å². The summed E-state index contributed by atoms with van der Waals surface area (Å²) in [6, 6.07) is 16.6. The van der Waals surface area contributed by atoms with Crippen molar-refractivity contribution in [3.05, 3.63) is 82.9 Å². The predicted molar refractivity (Wildman–Crippen MR) is 137 cm³/mol. The van der Waals surface area contributed by atoms with Gasteiger partial charge in [-0.05, 0) is 42.3 Å². The SMILES string of the molecule is COC(=O)c1cc(OC)c(OC)cc1NC(=O)c1ccc(N(Cc2ccccc2C)S(C)(=O)=O)cc1. The third-order valence-electron chi connectivity index (χ3n) is 5.57. The Hall–Kier alpha value is -4.05. The van der Waals surface area contributed by atoms with Gasteiger partial charge in [0.05, 0.1) is 51.1 Å². The minimum absolute atomic E-state index is 0.0848. The first-order valence-electron chi connectivity index (χ1n) is 10.9. The summed E-state index contributed by atoms with van der Waals surface area (Å²) in [5.74, 6) is -0.559. The predicted octanol–water partition coefficient (Wildman–Crippen LogP) is 4.02. The lowest BCUT2D eigenvalue weighted by molar-refractivity contribution is 0.0601. The number of aryl methyl sites for hydroxylation is 1. The average Bonchev–Trinajstić information content (AvgIpc) is 2.86. The van der Waals surface area contributed by atoms with E-state index in [2.05, 4.69) is 5.32 Å². The maximum atomic E-state index is 13.0. The molecule has 0 unspecified atom stereocenters. The molecule has 0 aliphatic heterocycles. The van der Waals surface area contributed by atoms with Crippen molar-refractivity contribution < 1.29 is 32.2 Å². The molecule has 0 bridgehead atoms. The molecule has 1 N–H and O–H groups in total. The number of hydrogen-bond acceptors (Lipinski definition) is 7. The van der Waals surface area contributed by atoms with Gasteiger partial charge >= 0.3 is 5.97 Å². The van der Waals surface area contributed by atoms with Gasteiger partial charge in [0.1, 0.15) is 0 Å². The summed E-state index contributed by atoms with van der Waals surface area (Å²) in [6.07, 6.45) is 1.14.